The highest BCUT2D eigenvalue weighted by Crippen LogP contribution is 2.34. The molecule has 1 aliphatic carbocycles. The highest BCUT2D eigenvalue weighted by molar-refractivity contribution is 7.21. The lowest BCUT2D eigenvalue weighted by molar-refractivity contribution is 0.0938. The van der Waals surface area contributed by atoms with E-state index in [1.54, 1.807) is 20.1 Å². The molecule has 1 saturated heterocycles. The second-order valence-corrected chi connectivity index (χ2v) is 10.6. The van der Waals surface area contributed by atoms with Gasteiger partial charge in [0, 0.05) is 49.3 Å². The molecule has 4 N–H and O–H groups in total. The van der Waals surface area contributed by atoms with Crippen molar-refractivity contribution in [3.63, 3.8) is 0 Å². The number of nitrogens with one attached hydrogen (secondary N) is 2. The van der Waals surface area contributed by atoms with Crippen LogP contribution < -0.4 is 21.3 Å². The molecule has 0 spiro atoms. The number of hydrogen-bond donors (Lipinski definition) is 3. The van der Waals surface area contributed by atoms with Crippen molar-refractivity contribution >= 4 is 39.0 Å². The topological polar surface area (TPSA) is 105 Å². The molecule has 192 valence electrons. The number of rotatable bonds is 6. The zero-order valence-corrected chi connectivity index (χ0v) is 21.3. The Labute approximate surface area is 212 Å². The lowest BCUT2D eigenvalue weighted by Gasteiger charge is -2.27. The van der Waals surface area contributed by atoms with Gasteiger partial charge in [-0.05, 0) is 50.9 Å². The van der Waals surface area contributed by atoms with Gasteiger partial charge in [0.25, 0.3) is 5.91 Å². The van der Waals surface area contributed by atoms with Crippen LogP contribution in [0.25, 0.3) is 10.2 Å². The largest absolute Gasteiger partial charge is 0.397 e. The molecule has 1 amide bonds. The Bertz CT molecular complexity index is 1320. The summed E-state index contributed by atoms with van der Waals surface area (Å²) in [6.45, 7) is 3.52. The smallest absolute Gasteiger partial charge is 0.263 e. The van der Waals surface area contributed by atoms with Crippen LogP contribution >= 0.6 is 11.3 Å². The quantitative estimate of drug-likeness (QED) is 0.463. The van der Waals surface area contributed by atoms with E-state index in [0.717, 1.165) is 22.6 Å². The minimum atomic E-state index is -0.457. The number of methoxy groups -OCH3 is 1. The van der Waals surface area contributed by atoms with Gasteiger partial charge in [0.15, 0.2) is 11.6 Å². The molecule has 3 unspecified atom stereocenters. The monoisotopic (exact) mass is 516 g/mol. The molecule has 8 nitrogen and oxygen atoms in total. The number of carbonyl (C=O) groups is 1. The fourth-order valence-electron chi connectivity index (χ4n) is 5.25. The molecule has 36 heavy (non-hydrogen) atoms. The zero-order chi connectivity index (χ0) is 25.6. The van der Waals surface area contributed by atoms with Gasteiger partial charge in [-0.1, -0.05) is 0 Å². The zero-order valence-electron chi connectivity index (χ0n) is 20.5. The molecule has 3 atom stereocenters. The normalized spacial score (nSPS) is 21.7. The number of nitrogen functional groups attached to an aromatic ring is 1. The van der Waals surface area contributed by atoms with E-state index >= 15 is 4.39 Å². The van der Waals surface area contributed by atoms with Gasteiger partial charge in [-0.15, -0.1) is 11.3 Å². The molecule has 11 heteroatoms. The molecular formula is C25H30F2N6O2S. The average molecular weight is 517 g/mol. The van der Waals surface area contributed by atoms with E-state index in [0.29, 0.717) is 59.9 Å². The van der Waals surface area contributed by atoms with E-state index < -0.39 is 5.82 Å². The van der Waals surface area contributed by atoms with E-state index in [1.165, 1.54) is 6.07 Å². The van der Waals surface area contributed by atoms with Crippen molar-refractivity contribution in [2.24, 2.45) is 5.92 Å². The fourth-order valence-corrected chi connectivity index (χ4v) is 6.27. The van der Waals surface area contributed by atoms with Crippen LogP contribution in [0.4, 0.5) is 20.3 Å². The molecule has 5 rings (SSSR count). The van der Waals surface area contributed by atoms with Crippen molar-refractivity contribution in [1.29, 1.82) is 0 Å². The molecule has 1 fully saturated rings. The first-order valence-electron chi connectivity index (χ1n) is 12.0. The van der Waals surface area contributed by atoms with E-state index in [-0.39, 0.29) is 41.1 Å². The molecule has 2 aliphatic rings. The average Bonchev–Trinajstić information content (AvgIpc) is 3.40. The summed E-state index contributed by atoms with van der Waals surface area (Å²) in [5.41, 5.74) is 8.31. The summed E-state index contributed by atoms with van der Waals surface area (Å²) >= 11 is 1.15. The standard InChI is InChI=1S/C25H30F2N6O2S/c1-12-17(26)8-16-21(28)22(36-25(16)30-12)24(34)31-15-4-5-19-13(6-15)7-18(27)23(32-19)33-9-14(11-35-3)20(10-33)29-2/h7-8,14-15,20,29H,4-6,9-11,28H2,1-3H3,(H,31,34). The van der Waals surface area contributed by atoms with Gasteiger partial charge in [-0.2, -0.15) is 0 Å². The highest BCUT2D eigenvalue weighted by Gasteiger charge is 2.34. The summed E-state index contributed by atoms with van der Waals surface area (Å²) in [6, 6.07) is 2.90. The number of fused-ring (bicyclic) bond motifs is 2. The van der Waals surface area contributed by atoms with Crippen LogP contribution in [0.2, 0.25) is 0 Å². The number of nitrogens with zero attached hydrogens (tertiary/aromatic N) is 3. The summed E-state index contributed by atoms with van der Waals surface area (Å²) in [5, 5.41) is 6.75. The molecule has 3 aromatic rings. The molecule has 3 aromatic heterocycles. The van der Waals surface area contributed by atoms with Crippen molar-refractivity contribution in [2.45, 2.75) is 38.3 Å². The summed E-state index contributed by atoms with van der Waals surface area (Å²) in [4.78, 5) is 24.7. The Morgan fingerprint density at radius 2 is 2.08 bits per heavy atom. The minimum absolute atomic E-state index is 0.181. The first-order chi connectivity index (χ1) is 17.3. The fraction of sp³-hybridized carbons (Fsp3) is 0.480. The number of hydrogen-bond acceptors (Lipinski definition) is 8. The van der Waals surface area contributed by atoms with Gasteiger partial charge in [0.2, 0.25) is 0 Å². The number of nitrogens with two attached hydrogens (primary N) is 1. The number of aryl methyl sites for hydroxylation is 2. The summed E-state index contributed by atoms with van der Waals surface area (Å²) in [7, 11) is 3.58. The number of halogens is 2. The minimum Gasteiger partial charge on any atom is -0.397 e. The summed E-state index contributed by atoms with van der Waals surface area (Å²) in [5.74, 6) is -0.504. The maximum Gasteiger partial charge on any atom is 0.263 e. The van der Waals surface area contributed by atoms with Gasteiger partial charge < -0.3 is 26.0 Å². The number of anilines is 2. The van der Waals surface area contributed by atoms with Gasteiger partial charge in [-0.25, -0.2) is 18.7 Å². The third-order valence-corrected chi connectivity index (χ3v) is 8.32. The first-order valence-corrected chi connectivity index (χ1v) is 12.9. The van der Waals surface area contributed by atoms with Crippen LogP contribution in [-0.2, 0) is 17.6 Å². The lowest BCUT2D eigenvalue weighted by Crippen LogP contribution is -2.39. The van der Waals surface area contributed by atoms with Crippen molar-refractivity contribution < 1.29 is 18.3 Å². The Morgan fingerprint density at radius 1 is 1.28 bits per heavy atom. The molecule has 0 radical (unpaired) electrons. The van der Waals surface area contributed by atoms with Crippen molar-refractivity contribution in [3.05, 3.63) is 45.6 Å². The van der Waals surface area contributed by atoms with Gasteiger partial charge in [0.1, 0.15) is 15.5 Å². The van der Waals surface area contributed by atoms with E-state index in [9.17, 15) is 9.18 Å². The number of likely N-dealkylation sites (N-methyl/N-ethyl adjacent to an activating group) is 1. The number of ether oxygens (including phenoxy) is 1. The number of thiophene rings is 1. The van der Waals surface area contributed by atoms with Crippen LogP contribution in [0.5, 0.6) is 0 Å². The van der Waals surface area contributed by atoms with Gasteiger partial charge >= 0.3 is 0 Å². The maximum absolute atomic E-state index is 15.2. The molecule has 4 heterocycles. The highest BCUT2D eigenvalue weighted by atomic mass is 32.1. The maximum atomic E-state index is 15.2. The second-order valence-electron chi connectivity index (χ2n) is 9.58. The van der Waals surface area contributed by atoms with Crippen molar-refractivity contribution in [1.82, 2.24) is 20.6 Å². The molecular weight excluding hydrogens is 486 g/mol. The number of aromatic nitrogens is 2. The Morgan fingerprint density at radius 3 is 2.83 bits per heavy atom. The second kappa shape index (κ2) is 9.87. The number of pyridine rings is 2. The van der Waals surface area contributed by atoms with Crippen LogP contribution in [0.1, 0.15) is 33.0 Å². The first kappa shape index (κ1) is 24.8. The van der Waals surface area contributed by atoms with Crippen molar-refractivity contribution in [3.8, 4) is 0 Å². The molecule has 0 aromatic carbocycles. The predicted octanol–water partition coefficient (Wildman–Crippen LogP) is 2.82. The van der Waals surface area contributed by atoms with E-state index in [4.69, 9.17) is 15.5 Å². The van der Waals surface area contributed by atoms with E-state index in [1.807, 2.05) is 11.9 Å². The summed E-state index contributed by atoms with van der Waals surface area (Å²) in [6.07, 6.45) is 1.79. The third kappa shape index (κ3) is 4.51. The van der Waals surface area contributed by atoms with Gasteiger partial charge in [-0.3, -0.25) is 4.79 Å². The Hall–Kier alpha value is -2.89. The van der Waals surface area contributed by atoms with Crippen LogP contribution in [0, 0.1) is 24.5 Å². The molecule has 0 bridgehead atoms. The molecule has 0 saturated carbocycles. The number of carbonyl (C=O) groups excluding carboxylic acids is 1. The SMILES string of the molecule is CNC1CN(c2nc3c(cc2F)CC(NC(=O)c2sc4nc(C)c(F)cc4c2N)CC3)CC1COC. The van der Waals surface area contributed by atoms with Crippen molar-refractivity contribution in [2.75, 3.05) is 44.5 Å². The lowest BCUT2D eigenvalue weighted by atomic mass is 9.91. The number of amides is 1. The van der Waals surface area contributed by atoms with Crippen LogP contribution in [0.15, 0.2) is 12.1 Å². The van der Waals surface area contributed by atoms with E-state index in [2.05, 4.69) is 15.6 Å². The Balaban J connectivity index is 1.30. The third-order valence-electron chi connectivity index (χ3n) is 7.21. The van der Waals surface area contributed by atoms with Gasteiger partial charge in [0.05, 0.1) is 18.0 Å². The Kier molecular flexibility index (Phi) is 6.80. The van der Waals surface area contributed by atoms with Crippen LogP contribution in [-0.4, -0.2) is 61.8 Å². The van der Waals surface area contributed by atoms with Crippen LogP contribution in [0.3, 0.4) is 0 Å². The molecule has 1 aliphatic heterocycles. The predicted molar refractivity (Wildman–Crippen MR) is 137 cm³/mol. The summed E-state index contributed by atoms with van der Waals surface area (Å²) < 4.78 is 34.4.